The van der Waals surface area contributed by atoms with Crippen molar-refractivity contribution in [2.45, 2.75) is 26.8 Å². The minimum atomic E-state index is -0.316. The topological polar surface area (TPSA) is 34.2 Å². The van der Waals surface area contributed by atoms with Gasteiger partial charge in [-0.25, -0.2) is 4.39 Å². The van der Waals surface area contributed by atoms with Gasteiger partial charge in [-0.05, 0) is 37.6 Å². The molecule has 4 heteroatoms. The molecular formula is C17H21FN2O. The molecule has 112 valence electrons. The van der Waals surface area contributed by atoms with Gasteiger partial charge in [-0.15, -0.1) is 0 Å². The van der Waals surface area contributed by atoms with Crippen LogP contribution in [-0.2, 0) is 0 Å². The summed E-state index contributed by atoms with van der Waals surface area (Å²) in [4.78, 5) is 3.82. The van der Waals surface area contributed by atoms with Crippen LogP contribution in [0.25, 0.3) is 0 Å². The first-order valence-corrected chi connectivity index (χ1v) is 7.07. The highest BCUT2D eigenvalue weighted by Gasteiger charge is 2.22. The number of ether oxygens (including phenoxy) is 1. The predicted molar refractivity (Wildman–Crippen MR) is 82.2 cm³/mol. The molecule has 2 rings (SSSR count). The molecule has 0 aliphatic rings. The van der Waals surface area contributed by atoms with Crippen molar-refractivity contribution in [2.75, 3.05) is 13.7 Å². The Morgan fingerprint density at radius 3 is 2.62 bits per heavy atom. The van der Waals surface area contributed by atoms with E-state index in [1.807, 2.05) is 32.9 Å². The zero-order valence-electron chi connectivity index (χ0n) is 12.9. The van der Waals surface area contributed by atoms with Gasteiger partial charge >= 0.3 is 0 Å². The number of benzene rings is 1. The third kappa shape index (κ3) is 3.05. The van der Waals surface area contributed by atoms with Gasteiger partial charge in [-0.1, -0.05) is 19.1 Å². The molecular weight excluding hydrogens is 267 g/mol. The fourth-order valence-corrected chi connectivity index (χ4v) is 2.52. The molecule has 21 heavy (non-hydrogen) atoms. The lowest BCUT2D eigenvalue weighted by molar-refractivity contribution is 0.400. The summed E-state index contributed by atoms with van der Waals surface area (Å²) in [5, 5.41) is 3.33. The van der Waals surface area contributed by atoms with Crippen LogP contribution in [0.5, 0.6) is 5.75 Å². The van der Waals surface area contributed by atoms with Crippen molar-refractivity contribution in [2.24, 2.45) is 0 Å². The van der Waals surface area contributed by atoms with E-state index in [1.54, 1.807) is 19.4 Å². The molecule has 2 aromatic rings. The lowest BCUT2D eigenvalue weighted by atomic mass is 9.94. The molecule has 3 nitrogen and oxygen atoms in total. The third-order valence-electron chi connectivity index (χ3n) is 3.75. The summed E-state index contributed by atoms with van der Waals surface area (Å²) in [6, 6.07) is 5.48. The number of rotatable bonds is 5. The number of nitrogens with zero attached hydrogens (tertiary/aromatic N) is 1. The summed E-state index contributed by atoms with van der Waals surface area (Å²) < 4.78 is 19.7. The zero-order valence-corrected chi connectivity index (χ0v) is 12.9. The molecule has 0 saturated carbocycles. The second kappa shape index (κ2) is 6.68. The van der Waals surface area contributed by atoms with Crippen LogP contribution in [0.4, 0.5) is 4.39 Å². The second-order valence-electron chi connectivity index (χ2n) is 5.02. The largest absolute Gasteiger partial charge is 0.496 e. The van der Waals surface area contributed by atoms with Crippen LogP contribution >= 0.6 is 0 Å². The van der Waals surface area contributed by atoms with E-state index in [4.69, 9.17) is 4.74 Å². The number of hydrogen-bond acceptors (Lipinski definition) is 3. The Bertz CT molecular complexity index is 628. The first kappa shape index (κ1) is 15.4. The number of hydrogen-bond donors (Lipinski definition) is 1. The number of aromatic nitrogens is 1. The molecule has 1 N–H and O–H groups in total. The Morgan fingerprint density at radius 1 is 1.24 bits per heavy atom. The first-order chi connectivity index (χ1) is 10.1. The van der Waals surface area contributed by atoms with Gasteiger partial charge in [0, 0.05) is 17.3 Å². The zero-order chi connectivity index (χ0) is 15.4. The molecule has 1 aromatic carbocycles. The second-order valence-corrected chi connectivity index (χ2v) is 5.02. The van der Waals surface area contributed by atoms with Crippen molar-refractivity contribution < 1.29 is 9.13 Å². The van der Waals surface area contributed by atoms with E-state index < -0.39 is 0 Å². The summed E-state index contributed by atoms with van der Waals surface area (Å²) in [5.41, 5.74) is 3.74. The van der Waals surface area contributed by atoms with Gasteiger partial charge < -0.3 is 10.1 Å². The maximum atomic E-state index is 14.1. The van der Waals surface area contributed by atoms with Crippen LogP contribution < -0.4 is 10.1 Å². The quantitative estimate of drug-likeness (QED) is 0.913. The lowest BCUT2D eigenvalue weighted by Gasteiger charge is -2.23. The van der Waals surface area contributed by atoms with E-state index in [2.05, 4.69) is 10.3 Å². The predicted octanol–water partition coefficient (Wildman–Crippen LogP) is 3.55. The molecule has 0 aliphatic carbocycles. The Morgan fingerprint density at radius 2 is 2.00 bits per heavy atom. The number of pyridine rings is 1. The highest BCUT2D eigenvalue weighted by Crippen LogP contribution is 2.34. The molecule has 0 spiro atoms. The Balaban J connectivity index is 2.59. The molecule has 0 aliphatic heterocycles. The Labute approximate surface area is 125 Å². The Hall–Kier alpha value is -1.94. The van der Waals surface area contributed by atoms with E-state index in [0.717, 1.165) is 29.0 Å². The van der Waals surface area contributed by atoms with E-state index in [9.17, 15) is 4.39 Å². The van der Waals surface area contributed by atoms with Crippen molar-refractivity contribution >= 4 is 0 Å². The number of halogens is 1. The molecule has 1 heterocycles. The fraction of sp³-hybridized carbons (Fsp3) is 0.353. The van der Waals surface area contributed by atoms with Crippen molar-refractivity contribution in [1.82, 2.24) is 10.3 Å². The third-order valence-corrected chi connectivity index (χ3v) is 3.75. The number of aryl methyl sites for hydroxylation is 1. The summed E-state index contributed by atoms with van der Waals surface area (Å²) in [7, 11) is 1.65. The van der Waals surface area contributed by atoms with Crippen LogP contribution in [0.2, 0.25) is 0 Å². The van der Waals surface area contributed by atoms with Crippen LogP contribution in [0.15, 0.2) is 30.6 Å². The van der Waals surface area contributed by atoms with Crippen LogP contribution in [0.1, 0.15) is 35.2 Å². The average Bonchev–Trinajstić information content (AvgIpc) is 2.48. The number of methoxy groups -OCH3 is 1. The van der Waals surface area contributed by atoms with Crippen molar-refractivity contribution in [3.8, 4) is 5.75 Å². The average molecular weight is 288 g/mol. The molecule has 0 bridgehead atoms. The Kier molecular flexibility index (Phi) is 4.91. The molecule has 0 saturated heterocycles. The van der Waals surface area contributed by atoms with Gasteiger partial charge in [0.05, 0.1) is 19.3 Å². The molecule has 0 amide bonds. The van der Waals surface area contributed by atoms with E-state index >= 15 is 0 Å². The summed E-state index contributed by atoms with van der Waals surface area (Å²) in [6.07, 6.45) is 2.85. The highest BCUT2D eigenvalue weighted by atomic mass is 19.1. The minimum Gasteiger partial charge on any atom is -0.496 e. The van der Waals surface area contributed by atoms with Gasteiger partial charge in [0.2, 0.25) is 0 Å². The smallest absolute Gasteiger partial charge is 0.146 e. The standard InChI is InChI=1S/C17H21FN2O/c1-5-20-16(13-8-9-19-10-15(13)18)14-7-6-11(2)12(3)17(14)21-4/h6-10,16,20H,5H2,1-4H3. The lowest BCUT2D eigenvalue weighted by Crippen LogP contribution is -2.24. The summed E-state index contributed by atoms with van der Waals surface area (Å²) in [5.74, 6) is 0.487. The van der Waals surface area contributed by atoms with Crippen molar-refractivity contribution in [3.63, 3.8) is 0 Å². The van der Waals surface area contributed by atoms with Crippen LogP contribution in [0.3, 0.4) is 0 Å². The SMILES string of the molecule is CCNC(c1ccncc1F)c1ccc(C)c(C)c1OC. The van der Waals surface area contributed by atoms with E-state index in [0.29, 0.717) is 5.56 Å². The van der Waals surface area contributed by atoms with Gasteiger partial charge in [0.1, 0.15) is 11.6 Å². The fourth-order valence-electron chi connectivity index (χ4n) is 2.52. The summed E-state index contributed by atoms with van der Waals surface area (Å²) in [6.45, 7) is 6.78. The molecule has 1 atom stereocenters. The first-order valence-electron chi connectivity index (χ1n) is 7.07. The van der Waals surface area contributed by atoms with Crippen molar-refractivity contribution in [3.05, 3.63) is 58.7 Å². The van der Waals surface area contributed by atoms with Gasteiger partial charge in [-0.2, -0.15) is 0 Å². The molecule has 0 fully saturated rings. The molecule has 1 aromatic heterocycles. The van der Waals surface area contributed by atoms with E-state index in [-0.39, 0.29) is 11.9 Å². The highest BCUT2D eigenvalue weighted by molar-refractivity contribution is 5.49. The maximum Gasteiger partial charge on any atom is 0.146 e. The maximum absolute atomic E-state index is 14.1. The number of nitrogens with one attached hydrogen (secondary N) is 1. The van der Waals surface area contributed by atoms with Gasteiger partial charge in [0.15, 0.2) is 0 Å². The molecule has 1 unspecified atom stereocenters. The summed E-state index contributed by atoms with van der Waals surface area (Å²) >= 11 is 0. The van der Waals surface area contributed by atoms with Crippen molar-refractivity contribution in [1.29, 1.82) is 0 Å². The van der Waals surface area contributed by atoms with Crippen LogP contribution in [-0.4, -0.2) is 18.6 Å². The minimum absolute atomic E-state index is 0.257. The monoisotopic (exact) mass is 288 g/mol. The van der Waals surface area contributed by atoms with Gasteiger partial charge in [-0.3, -0.25) is 4.98 Å². The van der Waals surface area contributed by atoms with Crippen LogP contribution in [0, 0.1) is 19.7 Å². The molecule has 0 radical (unpaired) electrons. The normalized spacial score (nSPS) is 12.2. The van der Waals surface area contributed by atoms with Gasteiger partial charge in [0.25, 0.3) is 0 Å². The van der Waals surface area contributed by atoms with E-state index in [1.165, 1.54) is 6.20 Å².